The normalized spacial score (nSPS) is 19.6. The van der Waals surface area contributed by atoms with Gasteiger partial charge in [-0.2, -0.15) is 5.10 Å². The van der Waals surface area contributed by atoms with E-state index in [0.29, 0.717) is 4.99 Å². The minimum Gasteiger partial charge on any atom is -0.307 e. The largest absolute Gasteiger partial charge is 0.307 e. The van der Waals surface area contributed by atoms with Crippen molar-refractivity contribution in [1.29, 1.82) is 0 Å². The average molecular weight is 442 g/mol. The topological polar surface area (TPSA) is 44.7 Å². The third-order valence-electron chi connectivity index (χ3n) is 5.30. The second-order valence-electron chi connectivity index (χ2n) is 7.33. The number of nitrogens with one attached hydrogen (secondary N) is 1. The van der Waals surface area contributed by atoms with Gasteiger partial charge in [0.1, 0.15) is 4.99 Å². The van der Waals surface area contributed by atoms with Crippen LogP contribution < -0.4 is 10.3 Å². The molecule has 3 aromatic rings. The van der Waals surface area contributed by atoms with Crippen molar-refractivity contribution in [2.75, 3.05) is 5.01 Å². The molecular formula is C25H19N3OS2. The zero-order valence-electron chi connectivity index (χ0n) is 16.6. The number of thiocarbonyl (C=S) groups is 1. The number of rotatable bonds is 4. The lowest BCUT2D eigenvalue weighted by molar-refractivity contribution is 0.265. The van der Waals surface area contributed by atoms with Crippen LogP contribution in [0, 0.1) is 0 Å². The summed E-state index contributed by atoms with van der Waals surface area (Å²) in [6, 6.07) is 29.2. The maximum absolute atomic E-state index is 11.5. The smallest absolute Gasteiger partial charge is 0.289 e. The lowest BCUT2D eigenvalue weighted by Crippen LogP contribution is -2.18. The van der Waals surface area contributed by atoms with Gasteiger partial charge >= 0.3 is 0 Å². The predicted molar refractivity (Wildman–Crippen MR) is 132 cm³/mol. The van der Waals surface area contributed by atoms with Crippen molar-refractivity contribution < 1.29 is 4.79 Å². The van der Waals surface area contributed by atoms with E-state index in [0.717, 1.165) is 45.6 Å². The van der Waals surface area contributed by atoms with Crippen LogP contribution in [0.5, 0.6) is 0 Å². The van der Waals surface area contributed by atoms with Crippen molar-refractivity contribution in [1.82, 2.24) is 5.32 Å². The van der Waals surface area contributed by atoms with Crippen LogP contribution in [0.3, 0.4) is 0 Å². The van der Waals surface area contributed by atoms with Crippen molar-refractivity contribution in [3.63, 3.8) is 0 Å². The predicted octanol–water partition coefficient (Wildman–Crippen LogP) is 6.17. The standard InChI is InChI=1S/C25H19N3OS2/c29-25-26-24(30)23(31-25)15-17-11-13-20(14-12-17)28-22(19-9-5-2-6-10-19)16-21(27-28)18-7-3-1-4-8-18/h1-15,22H,16H2,(H,26,29,30)/b23-15-/t22-/m0/s1. The third-order valence-corrected chi connectivity index (χ3v) is 6.58. The fraction of sp³-hybridized carbons (Fsp3) is 0.0800. The second kappa shape index (κ2) is 8.49. The number of anilines is 1. The van der Waals surface area contributed by atoms with Crippen LogP contribution in [0.4, 0.5) is 10.5 Å². The van der Waals surface area contributed by atoms with Gasteiger partial charge in [-0.25, -0.2) is 0 Å². The van der Waals surface area contributed by atoms with Gasteiger partial charge in [0.2, 0.25) is 0 Å². The molecule has 1 fully saturated rings. The van der Waals surface area contributed by atoms with Crippen molar-refractivity contribution in [3.8, 4) is 0 Å². The highest BCUT2D eigenvalue weighted by atomic mass is 32.2. The second-order valence-corrected chi connectivity index (χ2v) is 8.75. The maximum atomic E-state index is 11.5. The van der Waals surface area contributed by atoms with E-state index in [-0.39, 0.29) is 11.3 Å². The zero-order chi connectivity index (χ0) is 21.2. The monoisotopic (exact) mass is 441 g/mol. The van der Waals surface area contributed by atoms with Gasteiger partial charge in [-0.3, -0.25) is 9.80 Å². The van der Waals surface area contributed by atoms with Crippen LogP contribution in [0.15, 0.2) is 94.9 Å². The lowest BCUT2D eigenvalue weighted by atomic mass is 9.98. The summed E-state index contributed by atoms with van der Waals surface area (Å²) in [5.41, 5.74) is 5.49. The van der Waals surface area contributed by atoms with Crippen LogP contribution in [0.2, 0.25) is 0 Å². The summed E-state index contributed by atoms with van der Waals surface area (Å²) >= 11 is 6.34. The molecule has 3 aromatic carbocycles. The lowest BCUT2D eigenvalue weighted by Gasteiger charge is -2.24. The number of hydrazone groups is 1. The molecule has 1 N–H and O–H groups in total. The Morgan fingerprint density at radius 3 is 2.29 bits per heavy atom. The Morgan fingerprint density at radius 2 is 1.65 bits per heavy atom. The van der Waals surface area contributed by atoms with E-state index in [4.69, 9.17) is 17.3 Å². The van der Waals surface area contributed by atoms with E-state index in [1.54, 1.807) is 0 Å². The molecule has 2 heterocycles. The molecule has 1 amide bonds. The van der Waals surface area contributed by atoms with E-state index < -0.39 is 0 Å². The first-order valence-electron chi connectivity index (χ1n) is 9.99. The molecule has 0 radical (unpaired) electrons. The summed E-state index contributed by atoms with van der Waals surface area (Å²) < 4.78 is 0. The molecule has 0 aliphatic carbocycles. The Kier molecular flexibility index (Phi) is 5.40. The van der Waals surface area contributed by atoms with Gasteiger partial charge in [-0.15, -0.1) is 0 Å². The number of thioether (sulfide) groups is 1. The van der Waals surface area contributed by atoms with Crippen molar-refractivity contribution >= 4 is 51.7 Å². The average Bonchev–Trinajstić information content (AvgIpc) is 3.39. The number of amides is 1. The van der Waals surface area contributed by atoms with Gasteiger partial charge in [-0.05, 0) is 46.7 Å². The molecule has 0 spiro atoms. The first-order valence-corrected chi connectivity index (χ1v) is 11.2. The minimum absolute atomic E-state index is 0.126. The molecule has 2 aliphatic rings. The Bertz CT molecular complexity index is 1190. The summed E-state index contributed by atoms with van der Waals surface area (Å²) in [6.45, 7) is 0. The van der Waals surface area contributed by atoms with Crippen LogP contribution in [0.1, 0.15) is 29.2 Å². The van der Waals surface area contributed by atoms with E-state index in [1.165, 1.54) is 5.56 Å². The van der Waals surface area contributed by atoms with Gasteiger partial charge in [-0.1, -0.05) is 85.0 Å². The molecular weight excluding hydrogens is 422 g/mol. The first kappa shape index (κ1) is 19.7. The van der Waals surface area contributed by atoms with E-state index >= 15 is 0 Å². The highest BCUT2D eigenvalue weighted by Crippen LogP contribution is 2.37. The Balaban J connectivity index is 1.47. The van der Waals surface area contributed by atoms with Gasteiger partial charge < -0.3 is 5.32 Å². The van der Waals surface area contributed by atoms with Crippen LogP contribution in [-0.4, -0.2) is 15.9 Å². The van der Waals surface area contributed by atoms with E-state index in [1.807, 2.05) is 42.5 Å². The molecule has 31 heavy (non-hydrogen) atoms. The highest BCUT2D eigenvalue weighted by Gasteiger charge is 2.29. The summed E-state index contributed by atoms with van der Waals surface area (Å²) in [5.74, 6) is 0. The maximum Gasteiger partial charge on any atom is 0.289 e. The van der Waals surface area contributed by atoms with E-state index in [9.17, 15) is 4.79 Å². The molecule has 1 saturated heterocycles. The Labute approximate surface area is 190 Å². The van der Waals surface area contributed by atoms with Gasteiger partial charge in [0, 0.05) is 6.42 Å². The van der Waals surface area contributed by atoms with Crippen molar-refractivity contribution in [2.24, 2.45) is 5.10 Å². The third kappa shape index (κ3) is 4.17. The van der Waals surface area contributed by atoms with Gasteiger partial charge in [0.15, 0.2) is 0 Å². The van der Waals surface area contributed by atoms with Crippen LogP contribution >= 0.6 is 24.0 Å². The molecule has 0 bridgehead atoms. The fourth-order valence-electron chi connectivity index (χ4n) is 3.78. The first-order chi connectivity index (χ1) is 15.2. The molecule has 0 saturated carbocycles. The SMILES string of the molecule is O=C1NC(=S)/C(=C/c2ccc(N3N=C(c4ccccc4)C[C@H]3c3ccccc3)cc2)S1. The van der Waals surface area contributed by atoms with Crippen molar-refractivity contribution in [2.45, 2.75) is 12.5 Å². The summed E-state index contributed by atoms with van der Waals surface area (Å²) in [5, 5.41) is 9.62. The van der Waals surface area contributed by atoms with Crippen LogP contribution in [-0.2, 0) is 0 Å². The summed E-state index contributed by atoms with van der Waals surface area (Å²) in [7, 11) is 0. The molecule has 1 atom stereocenters. The number of hydrogen-bond acceptors (Lipinski definition) is 5. The minimum atomic E-state index is -0.126. The molecule has 4 nitrogen and oxygen atoms in total. The van der Waals surface area contributed by atoms with Gasteiger partial charge in [0.05, 0.1) is 22.3 Å². The number of carbonyl (C=O) groups is 1. The number of hydrogen-bond donors (Lipinski definition) is 1. The molecule has 0 unspecified atom stereocenters. The molecule has 0 aromatic heterocycles. The number of benzene rings is 3. The quantitative estimate of drug-likeness (QED) is 0.389. The zero-order valence-corrected chi connectivity index (χ0v) is 18.2. The molecule has 2 aliphatic heterocycles. The van der Waals surface area contributed by atoms with E-state index in [2.05, 4.69) is 58.9 Å². The molecule has 6 heteroatoms. The molecule has 5 rings (SSSR count). The van der Waals surface area contributed by atoms with Crippen molar-refractivity contribution in [3.05, 3.63) is 107 Å². The molecule has 152 valence electrons. The number of nitrogens with zero attached hydrogens (tertiary/aromatic N) is 2. The Morgan fingerprint density at radius 1 is 0.968 bits per heavy atom. The summed E-state index contributed by atoms with van der Waals surface area (Å²) in [4.78, 5) is 12.8. The number of carbonyl (C=O) groups excluding carboxylic acids is 1. The fourth-order valence-corrected chi connectivity index (χ4v) is 4.82. The van der Waals surface area contributed by atoms with Gasteiger partial charge in [0.25, 0.3) is 5.24 Å². The Hall–Kier alpha value is -3.22. The highest BCUT2D eigenvalue weighted by molar-refractivity contribution is 8.19. The van der Waals surface area contributed by atoms with Crippen LogP contribution in [0.25, 0.3) is 6.08 Å². The summed E-state index contributed by atoms with van der Waals surface area (Å²) in [6.07, 6.45) is 2.78.